The third-order valence-electron chi connectivity index (χ3n) is 2.74. The van der Waals surface area contributed by atoms with E-state index in [1.165, 1.54) is 18.3 Å². The second kappa shape index (κ2) is 6.62. The number of hydrogen-bond acceptors (Lipinski definition) is 4. The fourth-order valence-electron chi connectivity index (χ4n) is 1.77. The van der Waals surface area contributed by atoms with Gasteiger partial charge in [0.1, 0.15) is 5.69 Å². The summed E-state index contributed by atoms with van der Waals surface area (Å²) in [5.41, 5.74) is 1.74. The summed E-state index contributed by atoms with van der Waals surface area (Å²) in [6.07, 6.45) is 1.31. The molecule has 0 unspecified atom stereocenters. The number of benzene rings is 1. The summed E-state index contributed by atoms with van der Waals surface area (Å²) in [4.78, 5) is 26.5. The molecule has 0 spiro atoms. The number of carbonyl (C=O) groups excluding carboxylic acids is 1. The van der Waals surface area contributed by atoms with Gasteiger partial charge < -0.3 is 15.2 Å². The van der Waals surface area contributed by atoms with Crippen molar-refractivity contribution in [2.45, 2.75) is 6.61 Å². The number of carboxylic acid groups (broad SMARTS) is 1. The van der Waals surface area contributed by atoms with Gasteiger partial charge in [-0.05, 0) is 29.8 Å². The molecular weight excluding hydrogens is 272 g/mol. The number of ether oxygens (including phenoxy) is 1. The van der Waals surface area contributed by atoms with Crippen LogP contribution in [-0.2, 0) is 11.3 Å². The van der Waals surface area contributed by atoms with Crippen LogP contribution in [0.2, 0.25) is 0 Å². The molecule has 2 aromatic rings. The van der Waals surface area contributed by atoms with E-state index in [0.717, 1.165) is 5.56 Å². The van der Waals surface area contributed by atoms with Crippen LogP contribution in [0.4, 0.5) is 5.69 Å². The Morgan fingerprint density at radius 2 is 2.10 bits per heavy atom. The van der Waals surface area contributed by atoms with Crippen molar-refractivity contribution in [1.82, 2.24) is 4.98 Å². The van der Waals surface area contributed by atoms with Crippen LogP contribution >= 0.6 is 0 Å². The molecule has 0 atom stereocenters. The minimum Gasteiger partial charge on any atom is -0.477 e. The Kier molecular flexibility index (Phi) is 4.63. The molecule has 0 fully saturated rings. The molecule has 0 radical (unpaired) electrons. The van der Waals surface area contributed by atoms with Crippen LogP contribution in [0.1, 0.15) is 26.4 Å². The largest absolute Gasteiger partial charge is 0.477 e. The smallest absolute Gasteiger partial charge is 0.354 e. The first kappa shape index (κ1) is 14.7. The predicted molar refractivity (Wildman–Crippen MR) is 76.3 cm³/mol. The first-order valence-corrected chi connectivity index (χ1v) is 6.18. The molecule has 6 heteroatoms. The molecule has 1 aromatic heterocycles. The molecule has 0 saturated carbocycles. The topological polar surface area (TPSA) is 88.5 Å². The van der Waals surface area contributed by atoms with E-state index in [4.69, 9.17) is 9.84 Å². The van der Waals surface area contributed by atoms with Crippen LogP contribution in [-0.4, -0.2) is 29.1 Å². The van der Waals surface area contributed by atoms with Gasteiger partial charge in [0.05, 0.1) is 18.5 Å². The lowest BCUT2D eigenvalue weighted by Gasteiger charge is -2.06. The number of hydrogen-bond donors (Lipinski definition) is 2. The van der Waals surface area contributed by atoms with Crippen molar-refractivity contribution in [2.24, 2.45) is 0 Å². The first-order chi connectivity index (χ1) is 10.1. The van der Waals surface area contributed by atoms with Crippen molar-refractivity contribution in [1.29, 1.82) is 0 Å². The quantitative estimate of drug-likeness (QED) is 0.879. The van der Waals surface area contributed by atoms with Gasteiger partial charge in [0.2, 0.25) is 0 Å². The number of carboxylic acids is 1. The Morgan fingerprint density at radius 1 is 1.29 bits per heavy atom. The lowest BCUT2D eigenvalue weighted by molar-refractivity contribution is 0.0690. The second-order valence-electron chi connectivity index (χ2n) is 4.32. The van der Waals surface area contributed by atoms with Gasteiger partial charge in [-0.15, -0.1) is 0 Å². The molecule has 1 aromatic carbocycles. The number of carbonyl (C=O) groups is 2. The lowest BCUT2D eigenvalue weighted by atomic mass is 10.1. The Labute approximate surface area is 121 Å². The van der Waals surface area contributed by atoms with E-state index in [0.29, 0.717) is 17.9 Å². The van der Waals surface area contributed by atoms with E-state index in [1.54, 1.807) is 25.3 Å². The normalized spacial score (nSPS) is 10.1. The number of rotatable bonds is 5. The Bertz CT molecular complexity index is 653. The Hall–Kier alpha value is -2.73. The van der Waals surface area contributed by atoms with Crippen LogP contribution in [0, 0.1) is 0 Å². The average molecular weight is 286 g/mol. The summed E-state index contributed by atoms with van der Waals surface area (Å²) in [6.45, 7) is 0.427. The highest BCUT2D eigenvalue weighted by Gasteiger charge is 2.08. The van der Waals surface area contributed by atoms with Gasteiger partial charge >= 0.3 is 5.97 Å². The third kappa shape index (κ3) is 3.87. The number of nitrogens with zero attached hydrogens (tertiary/aromatic N) is 1. The molecule has 0 bridgehead atoms. The molecule has 1 amide bonds. The molecule has 2 N–H and O–H groups in total. The van der Waals surface area contributed by atoms with Gasteiger partial charge in [0.25, 0.3) is 5.91 Å². The maximum absolute atomic E-state index is 12.1. The summed E-state index contributed by atoms with van der Waals surface area (Å²) >= 11 is 0. The Balaban J connectivity index is 2.10. The van der Waals surface area contributed by atoms with Gasteiger partial charge in [-0.25, -0.2) is 9.78 Å². The number of nitrogens with one attached hydrogen (secondary N) is 1. The van der Waals surface area contributed by atoms with Crippen molar-refractivity contribution >= 4 is 17.6 Å². The van der Waals surface area contributed by atoms with Crippen molar-refractivity contribution < 1.29 is 19.4 Å². The highest BCUT2D eigenvalue weighted by atomic mass is 16.5. The number of aromatic nitrogens is 1. The maximum atomic E-state index is 12.1. The Morgan fingerprint density at radius 3 is 2.71 bits per heavy atom. The van der Waals surface area contributed by atoms with Gasteiger partial charge in [-0.1, -0.05) is 12.1 Å². The van der Waals surface area contributed by atoms with Crippen molar-refractivity contribution in [3.63, 3.8) is 0 Å². The number of amides is 1. The maximum Gasteiger partial charge on any atom is 0.354 e. The van der Waals surface area contributed by atoms with E-state index in [9.17, 15) is 9.59 Å². The molecule has 1 heterocycles. The minimum absolute atomic E-state index is 0.0740. The highest BCUT2D eigenvalue weighted by molar-refractivity contribution is 6.04. The van der Waals surface area contributed by atoms with Crippen LogP contribution in [0.5, 0.6) is 0 Å². The lowest BCUT2D eigenvalue weighted by Crippen LogP contribution is -2.13. The zero-order chi connectivity index (χ0) is 15.2. The number of methoxy groups -OCH3 is 1. The summed E-state index contributed by atoms with van der Waals surface area (Å²) in [7, 11) is 1.59. The predicted octanol–water partition coefficient (Wildman–Crippen LogP) is 2.18. The molecular formula is C15H14N2O4. The number of pyridine rings is 1. The van der Waals surface area contributed by atoms with Gasteiger partial charge in [-0.3, -0.25) is 4.79 Å². The first-order valence-electron chi connectivity index (χ1n) is 6.18. The monoisotopic (exact) mass is 286 g/mol. The van der Waals surface area contributed by atoms with Crippen molar-refractivity contribution in [2.75, 3.05) is 12.4 Å². The highest BCUT2D eigenvalue weighted by Crippen LogP contribution is 2.11. The summed E-state index contributed by atoms with van der Waals surface area (Å²) in [5.74, 6) is -1.40. The molecule has 0 aliphatic rings. The van der Waals surface area contributed by atoms with Crippen LogP contribution < -0.4 is 5.32 Å². The van der Waals surface area contributed by atoms with Crippen molar-refractivity contribution in [3.8, 4) is 0 Å². The SMILES string of the molecule is COCc1cccc(C(=O)Nc2ccc(C(=O)O)nc2)c1. The summed E-state index contributed by atoms with van der Waals surface area (Å²) < 4.78 is 5.02. The average Bonchev–Trinajstić information content (AvgIpc) is 2.48. The van der Waals surface area contributed by atoms with Gasteiger partial charge in [0.15, 0.2) is 0 Å². The van der Waals surface area contributed by atoms with E-state index in [-0.39, 0.29) is 11.6 Å². The van der Waals surface area contributed by atoms with E-state index in [2.05, 4.69) is 10.3 Å². The molecule has 0 aliphatic carbocycles. The van der Waals surface area contributed by atoms with E-state index in [1.807, 2.05) is 6.07 Å². The molecule has 21 heavy (non-hydrogen) atoms. The molecule has 6 nitrogen and oxygen atoms in total. The van der Waals surface area contributed by atoms with E-state index >= 15 is 0 Å². The number of aromatic carboxylic acids is 1. The van der Waals surface area contributed by atoms with Crippen LogP contribution in [0.25, 0.3) is 0 Å². The standard InChI is InChI=1S/C15H14N2O4/c1-21-9-10-3-2-4-11(7-10)14(18)17-12-5-6-13(15(19)20)16-8-12/h2-8H,9H2,1H3,(H,17,18)(H,19,20). The van der Waals surface area contributed by atoms with E-state index < -0.39 is 5.97 Å². The zero-order valence-corrected chi connectivity index (χ0v) is 11.4. The fraction of sp³-hybridized carbons (Fsp3) is 0.133. The molecule has 108 valence electrons. The van der Waals surface area contributed by atoms with Crippen molar-refractivity contribution in [3.05, 3.63) is 59.4 Å². The number of anilines is 1. The third-order valence-corrected chi connectivity index (χ3v) is 2.74. The molecule has 0 saturated heterocycles. The fourth-order valence-corrected chi connectivity index (χ4v) is 1.77. The second-order valence-corrected chi connectivity index (χ2v) is 4.32. The molecule has 0 aliphatic heterocycles. The summed E-state index contributed by atoms with van der Waals surface area (Å²) in [5, 5.41) is 11.4. The molecule has 2 rings (SSSR count). The zero-order valence-electron chi connectivity index (χ0n) is 11.4. The van der Waals surface area contributed by atoms with Gasteiger partial charge in [0, 0.05) is 12.7 Å². The summed E-state index contributed by atoms with van der Waals surface area (Å²) in [6, 6.07) is 9.89. The van der Waals surface area contributed by atoms with Crippen LogP contribution in [0.15, 0.2) is 42.6 Å². The van der Waals surface area contributed by atoms with Crippen LogP contribution in [0.3, 0.4) is 0 Å². The minimum atomic E-state index is -1.11. The van der Waals surface area contributed by atoms with Gasteiger partial charge in [-0.2, -0.15) is 0 Å².